The minimum atomic E-state index is -0.933. The molecule has 0 aliphatic heterocycles. The van der Waals surface area contributed by atoms with Crippen LogP contribution in [0, 0.1) is 5.82 Å². The number of hydrogen-bond donors (Lipinski definition) is 3. The van der Waals surface area contributed by atoms with Gasteiger partial charge >= 0.3 is 0 Å². The first-order valence-corrected chi connectivity index (χ1v) is 7.69. The van der Waals surface area contributed by atoms with E-state index in [9.17, 15) is 14.6 Å². The average molecular weight is 331 g/mol. The fraction of sp³-hybridized carbons (Fsp3) is 0.263. The maximum Gasteiger partial charge on any atom is 0.161 e. The molecule has 2 aromatic rings. The molecule has 128 valence electrons. The molecular formula is C19H22FNO3. The summed E-state index contributed by atoms with van der Waals surface area (Å²) >= 11 is 0. The molecule has 0 bridgehead atoms. The number of allylic oxidation sites excluding steroid dienone is 1. The van der Waals surface area contributed by atoms with E-state index in [1.54, 1.807) is 30.3 Å². The maximum absolute atomic E-state index is 13.6. The summed E-state index contributed by atoms with van der Waals surface area (Å²) in [6, 6.07) is 9.74. The van der Waals surface area contributed by atoms with E-state index < -0.39 is 11.9 Å². The molecule has 0 fully saturated rings. The first-order valence-electron chi connectivity index (χ1n) is 7.69. The van der Waals surface area contributed by atoms with E-state index in [1.165, 1.54) is 13.2 Å². The first-order chi connectivity index (χ1) is 11.6. The number of aliphatic hydroxyl groups is 1. The summed E-state index contributed by atoms with van der Waals surface area (Å²) in [5.74, 6) is 0.0692. The summed E-state index contributed by atoms with van der Waals surface area (Å²) in [4.78, 5) is 0. The zero-order chi connectivity index (χ0) is 17.5. The summed E-state index contributed by atoms with van der Waals surface area (Å²) in [5.41, 5.74) is 1.87. The quantitative estimate of drug-likeness (QED) is 0.651. The van der Waals surface area contributed by atoms with Crippen molar-refractivity contribution in [1.82, 2.24) is 5.32 Å². The van der Waals surface area contributed by atoms with Crippen molar-refractivity contribution in [3.8, 4) is 11.5 Å². The topological polar surface area (TPSA) is 61.7 Å². The number of nitrogens with one attached hydrogen (secondary N) is 1. The summed E-state index contributed by atoms with van der Waals surface area (Å²) in [6.07, 6.45) is 1.29. The van der Waals surface area contributed by atoms with Crippen LogP contribution in [0.3, 0.4) is 0 Å². The highest BCUT2D eigenvalue weighted by atomic mass is 19.1. The van der Waals surface area contributed by atoms with Crippen molar-refractivity contribution in [3.63, 3.8) is 0 Å². The number of aromatic hydroxyl groups is 1. The van der Waals surface area contributed by atoms with Crippen LogP contribution in [0.4, 0.5) is 4.39 Å². The van der Waals surface area contributed by atoms with Crippen LogP contribution in [0.1, 0.15) is 22.8 Å². The van der Waals surface area contributed by atoms with Crippen LogP contribution in [-0.4, -0.2) is 23.9 Å². The highest BCUT2D eigenvalue weighted by Crippen LogP contribution is 2.32. The Balaban J connectivity index is 2.02. The summed E-state index contributed by atoms with van der Waals surface area (Å²) in [7, 11) is 1.49. The number of benzene rings is 2. The van der Waals surface area contributed by atoms with Crippen LogP contribution in [0.5, 0.6) is 11.5 Å². The van der Waals surface area contributed by atoms with Gasteiger partial charge in [-0.2, -0.15) is 0 Å². The molecule has 4 nitrogen and oxygen atoms in total. The molecule has 0 saturated carbocycles. The Labute approximate surface area is 141 Å². The molecule has 5 heteroatoms. The van der Waals surface area contributed by atoms with Crippen molar-refractivity contribution >= 4 is 0 Å². The van der Waals surface area contributed by atoms with E-state index >= 15 is 0 Å². The third-order valence-corrected chi connectivity index (χ3v) is 3.73. The monoisotopic (exact) mass is 331 g/mol. The number of phenolic OH excluding ortho intramolecular Hbond substituents is 1. The predicted molar refractivity (Wildman–Crippen MR) is 91.6 cm³/mol. The van der Waals surface area contributed by atoms with Crippen molar-refractivity contribution in [2.45, 2.75) is 19.1 Å². The molecule has 2 aromatic carbocycles. The van der Waals surface area contributed by atoms with E-state index in [4.69, 9.17) is 4.74 Å². The molecule has 0 aliphatic rings. The van der Waals surface area contributed by atoms with E-state index in [0.717, 1.165) is 11.1 Å². The third-order valence-electron chi connectivity index (χ3n) is 3.73. The number of aliphatic hydroxyl groups excluding tert-OH is 1. The fourth-order valence-corrected chi connectivity index (χ4v) is 2.51. The number of methoxy groups -OCH3 is 1. The molecule has 2 rings (SSSR count). The van der Waals surface area contributed by atoms with Crippen molar-refractivity contribution in [1.29, 1.82) is 0 Å². The Bertz CT molecular complexity index is 703. The van der Waals surface area contributed by atoms with Crippen molar-refractivity contribution < 1.29 is 19.3 Å². The van der Waals surface area contributed by atoms with E-state index in [2.05, 4.69) is 11.9 Å². The van der Waals surface area contributed by atoms with Crippen molar-refractivity contribution in [2.75, 3.05) is 13.7 Å². The SMILES string of the molecule is C=CCc1cc(CNCC(O)c2ccccc2F)cc(OC)c1O. The molecular weight excluding hydrogens is 309 g/mol. The zero-order valence-corrected chi connectivity index (χ0v) is 13.6. The molecule has 0 saturated heterocycles. The lowest BCUT2D eigenvalue weighted by Crippen LogP contribution is -2.21. The van der Waals surface area contributed by atoms with E-state index in [0.29, 0.717) is 18.7 Å². The second-order valence-electron chi connectivity index (χ2n) is 5.47. The zero-order valence-electron chi connectivity index (χ0n) is 13.6. The van der Waals surface area contributed by atoms with Gasteiger partial charge < -0.3 is 20.3 Å². The minimum Gasteiger partial charge on any atom is -0.504 e. The maximum atomic E-state index is 13.6. The van der Waals surface area contributed by atoms with Crippen LogP contribution < -0.4 is 10.1 Å². The number of hydrogen-bond acceptors (Lipinski definition) is 4. The van der Waals surface area contributed by atoms with Crippen molar-refractivity contribution in [2.24, 2.45) is 0 Å². The van der Waals surface area contributed by atoms with Crippen LogP contribution in [-0.2, 0) is 13.0 Å². The highest BCUT2D eigenvalue weighted by Gasteiger charge is 2.13. The number of ether oxygens (including phenoxy) is 1. The van der Waals surface area contributed by atoms with E-state index in [-0.39, 0.29) is 17.9 Å². The van der Waals surface area contributed by atoms with Gasteiger partial charge in [-0.15, -0.1) is 6.58 Å². The first kappa shape index (κ1) is 18.0. The molecule has 3 N–H and O–H groups in total. The number of phenols is 1. The Morgan fingerprint density at radius 3 is 2.75 bits per heavy atom. The molecule has 0 amide bonds. The summed E-state index contributed by atoms with van der Waals surface area (Å²) < 4.78 is 18.8. The molecule has 1 unspecified atom stereocenters. The summed E-state index contributed by atoms with van der Waals surface area (Å²) in [5, 5.41) is 23.2. The van der Waals surface area contributed by atoms with Gasteiger partial charge in [0, 0.05) is 24.2 Å². The van der Waals surface area contributed by atoms with Gasteiger partial charge in [0.2, 0.25) is 0 Å². The Morgan fingerprint density at radius 2 is 2.08 bits per heavy atom. The number of rotatable bonds is 8. The van der Waals surface area contributed by atoms with Gasteiger partial charge in [-0.1, -0.05) is 30.3 Å². The molecule has 0 aromatic heterocycles. The van der Waals surface area contributed by atoms with Crippen molar-refractivity contribution in [3.05, 3.63) is 71.6 Å². The molecule has 0 heterocycles. The normalized spacial score (nSPS) is 12.0. The van der Waals surface area contributed by atoms with Gasteiger partial charge in [0.25, 0.3) is 0 Å². The lowest BCUT2D eigenvalue weighted by molar-refractivity contribution is 0.169. The Kier molecular flexibility index (Phi) is 6.35. The molecule has 0 aliphatic carbocycles. The van der Waals surface area contributed by atoms with E-state index in [1.807, 2.05) is 6.07 Å². The highest BCUT2D eigenvalue weighted by molar-refractivity contribution is 5.49. The van der Waals surface area contributed by atoms with Crippen LogP contribution in [0.15, 0.2) is 49.1 Å². The van der Waals surface area contributed by atoms with Gasteiger partial charge in [-0.05, 0) is 24.1 Å². The average Bonchev–Trinajstić information content (AvgIpc) is 2.58. The lowest BCUT2D eigenvalue weighted by Gasteiger charge is -2.15. The largest absolute Gasteiger partial charge is 0.504 e. The van der Waals surface area contributed by atoms with Crippen LogP contribution >= 0.6 is 0 Å². The third kappa shape index (κ3) is 4.34. The van der Waals surface area contributed by atoms with Gasteiger partial charge in [0.1, 0.15) is 5.82 Å². The molecule has 24 heavy (non-hydrogen) atoms. The van der Waals surface area contributed by atoms with Gasteiger partial charge in [0.15, 0.2) is 11.5 Å². The second-order valence-corrected chi connectivity index (χ2v) is 5.47. The minimum absolute atomic E-state index is 0.104. The smallest absolute Gasteiger partial charge is 0.161 e. The molecule has 0 radical (unpaired) electrons. The number of halogens is 1. The standard InChI is InChI=1S/C19H22FNO3/c1-3-6-14-9-13(10-18(24-2)19(14)23)11-21-12-17(22)15-7-4-5-8-16(15)20/h3-5,7-10,17,21-23H,1,6,11-12H2,2H3. The Hall–Kier alpha value is -2.37. The molecule has 0 spiro atoms. The predicted octanol–water partition coefficient (Wildman–Crippen LogP) is 3.09. The molecule has 1 atom stereocenters. The summed E-state index contributed by atoms with van der Waals surface area (Å²) in [6.45, 7) is 4.33. The fourth-order valence-electron chi connectivity index (χ4n) is 2.51. The van der Waals surface area contributed by atoms with Gasteiger partial charge in [-0.25, -0.2) is 4.39 Å². The van der Waals surface area contributed by atoms with Gasteiger partial charge in [-0.3, -0.25) is 0 Å². The second kappa shape index (κ2) is 8.47. The van der Waals surface area contributed by atoms with Gasteiger partial charge in [0.05, 0.1) is 13.2 Å². The lowest BCUT2D eigenvalue weighted by atomic mass is 10.1. The Morgan fingerprint density at radius 1 is 1.33 bits per heavy atom. The van der Waals surface area contributed by atoms with Crippen LogP contribution in [0.25, 0.3) is 0 Å². The van der Waals surface area contributed by atoms with Crippen LogP contribution in [0.2, 0.25) is 0 Å².